The summed E-state index contributed by atoms with van der Waals surface area (Å²) < 4.78 is 5.57. The standard InChI is InChI=1S/C10H15ClN4O/c1-7-5-15(3-2-4-16-7)10-8(12)9(11)13-6-14-10/h6-7H,2-5,12H2,1H3. The number of halogens is 1. The van der Waals surface area contributed by atoms with E-state index in [0.717, 1.165) is 26.1 Å². The molecule has 2 rings (SSSR count). The van der Waals surface area contributed by atoms with Gasteiger partial charge in [0.05, 0.1) is 6.10 Å². The highest BCUT2D eigenvalue weighted by Crippen LogP contribution is 2.26. The van der Waals surface area contributed by atoms with Crippen molar-refractivity contribution in [2.75, 3.05) is 30.3 Å². The lowest BCUT2D eigenvalue weighted by Gasteiger charge is -2.24. The van der Waals surface area contributed by atoms with E-state index < -0.39 is 0 Å². The van der Waals surface area contributed by atoms with Gasteiger partial charge in [-0.15, -0.1) is 0 Å². The minimum Gasteiger partial charge on any atom is -0.393 e. The van der Waals surface area contributed by atoms with Crippen LogP contribution in [0.25, 0.3) is 0 Å². The Kier molecular flexibility index (Phi) is 3.46. The lowest BCUT2D eigenvalue weighted by Crippen LogP contribution is -2.31. The Bertz CT molecular complexity index is 374. The van der Waals surface area contributed by atoms with Gasteiger partial charge in [-0.1, -0.05) is 11.6 Å². The number of anilines is 2. The molecule has 1 saturated heterocycles. The molecule has 0 radical (unpaired) electrons. The Labute approximate surface area is 99.6 Å². The summed E-state index contributed by atoms with van der Waals surface area (Å²) in [7, 11) is 0. The van der Waals surface area contributed by atoms with Gasteiger partial charge in [-0.3, -0.25) is 0 Å². The molecule has 1 atom stereocenters. The molecule has 16 heavy (non-hydrogen) atoms. The second kappa shape index (κ2) is 4.84. The summed E-state index contributed by atoms with van der Waals surface area (Å²) in [4.78, 5) is 10.1. The van der Waals surface area contributed by atoms with Crippen LogP contribution in [-0.4, -0.2) is 35.8 Å². The molecule has 1 aromatic rings. The fraction of sp³-hybridized carbons (Fsp3) is 0.600. The van der Waals surface area contributed by atoms with Gasteiger partial charge in [0.1, 0.15) is 12.0 Å². The molecular formula is C10H15ClN4O. The maximum Gasteiger partial charge on any atom is 0.157 e. The fourth-order valence-electron chi connectivity index (χ4n) is 1.80. The molecule has 1 aromatic heterocycles. The highest BCUT2D eigenvalue weighted by molar-refractivity contribution is 6.32. The molecule has 5 nitrogen and oxygen atoms in total. The third-order valence-corrected chi connectivity index (χ3v) is 2.87. The molecule has 88 valence electrons. The van der Waals surface area contributed by atoms with Crippen LogP contribution in [0.2, 0.25) is 5.15 Å². The fourth-order valence-corrected chi connectivity index (χ4v) is 1.93. The zero-order valence-electron chi connectivity index (χ0n) is 9.19. The molecule has 0 aliphatic carbocycles. The van der Waals surface area contributed by atoms with Crippen LogP contribution in [0.4, 0.5) is 11.5 Å². The molecule has 0 spiro atoms. The van der Waals surface area contributed by atoms with Gasteiger partial charge >= 0.3 is 0 Å². The van der Waals surface area contributed by atoms with Crippen LogP contribution in [0.1, 0.15) is 13.3 Å². The Morgan fingerprint density at radius 3 is 3.19 bits per heavy atom. The molecule has 0 amide bonds. The predicted molar refractivity (Wildman–Crippen MR) is 63.7 cm³/mol. The third-order valence-electron chi connectivity index (χ3n) is 2.57. The molecule has 0 bridgehead atoms. The number of ether oxygens (including phenoxy) is 1. The molecule has 6 heteroatoms. The van der Waals surface area contributed by atoms with Crippen LogP contribution in [-0.2, 0) is 4.74 Å². The quantitative estimate of drug-likeness (QED) is 0.753. The molecule has 2 heterocycles. The molecular weight excluding hydrogens is 228 g/mol. The van der Waals surface area contributed by atoms with Gasteiger partial charge in [0.25, 0.3) is 0 Å². The molecule has 2 N–H and O–H groups in total. The number of hydrogen-bond acceptors (Lipinski definition) is 5. The molecule has 1 unspecified atom stereocenters. The van der Waals surface area contributed by atoms with E-state index >= 15 is 0 Å². The normalized spacial score (nSPS) is 21.9. The monoisotopic (exact) mass is 242 g/mol. The van der Waals surface area contributed by atoms with Gasteiger partial charge in [0, 0.05) is 19.7 Å². The summed E-state index contributed by atoms with van der Waals surface area (Å²) in [5.74, 6) is 0.706. The average Bonchev–Trinajstić information content (AvgIpc) is 2.47. The van der Waals surface area contributed by atoms with Gasteiger partial charge in [-0.05, 0) is 13.3 Å². The third kappa shape index (κ3) is 2.36. The topological polar surface area (TPSA) is 64.3 Å². The second-order valence-electron chi connectivity index (χ2n) is 3.88. The highest BCUT2D eigenvalue weighted by Gasteiger charge is 2.19. The Hall–Kier alpha value is -1.07. The number of hydrogen-bond donors (Lipinski definition) is 1. The minimum absolute atomic E-state index is 0.177. The average molecular weight is 243 g/mol. The first-order chi connectivity index (χ1) is 7.68. The van der Waals surface area contributed by atoms with Crippen LogP contribution in [0.5, 0.6) is 0 Å². The maximum absolute atomic E-state index is 5.88. The van der Waals surface area contributed by atoms with Gasteiger partial charge < -0.3 is 15.4 Å². The van der Waals surface area contributed by atoms with Crippen molar-refractivity contribution < 1.29 is 4.74 Å². The van der Waals surface area contributed by atoms with E-state index in [0.29, 0.717) is 16.7 Å². The van der Waals surface area contributed by atoms with E-state index in [1.807, 2.05) is 6.92 Å². The maximum atomic E-state index is 5.88. The molecule has 1 aliphatic rings. The summed E-state index contributed by atoms with van der Waals surface area (Å²) in [6, 6.07) is 0. The first-order valence-corrected chi connectivity index (χ1v) is 5.69. The summed E-state index contributed by atoms with van der Waals surface area (Å²) in [5.41, 5.74) is 6.31. The highest BCUT2D eigenvalue weighted by atomic mass is 35.5. The largest absolute Gasteiger partial charge is 0.393 e. The van der Waals surface area contributed by atoms with Crippen LogP contribution < -0.4 is 10.6 Å². The zero-order valence-corrected chi connectivity index (χ0v) is 9.94. The van der Waals surface area contributed by atoms with Crippen LogP contribution in [0.15, 0.2) is 6.33 Å². The number of nitrogens with two attached hydrogens (primary N) is 1. The summed E-state index contributed by atoms with van der Waals surface area (Å²) in [5, 5.41) is 0.308. The van der Waals surface area contributed by atoms with Crippen LogP contribution >= 0.6 is 11.6 Å². The van der Waals surface area contributed by atoms with E-state index in [4.69, 9.17) is 22.1 Å². The lowest BCUT2D eigenvalue weighted by molar-refractivity contribution is 0.0820. The Balaban J connectivity index is 2.24. The van der Waals surface area contributed by atoms with Crippen LogP contribution in [0.3, 0.4) is 0 Å². The second-order valence-corrected chi connectivity index (χ2v) is 4.24. The van der Waals surface area contributed by atoms with Gasteiger partial charge in [-0.25, -0.2) is 9.97 Å². The van der Waals surface area contributed by atoms with Crippen molar-refractivity contribution in [3.63, 3.8) is 0 Å². The van der Waals surface area contributed by atoms with Crippen molar-refractivity contribution in [2.45, 2.75) is 19.4 Å². The van der Waals surface area contributed by atoms with E-state index in [1.165, 1.54) is 6.33 Å². The number of nitrogens with zero attached hydrogens (tertiary/aromatic N) is 3. The first-order valence-electron chi connectivity index (χ1n) is 5.31. The Morgan fingerprint density at radius 1 is 1.56 bits per heavy atom. The van der Waals surface area contributed by atoms with Crippen molar-refractivity contribution in [3.05, 3.63) is 11.5 Å². The number of nitrogen functional groups attached to an aromatic ring is 1. The number of rotatable bonds is 1. The van der Waals surface area contributed by atoms with Crippen molar-refractivity contribution in [1.29, 1.82) is 0 Å². The molecule has 1 aliphatic heterocycles. The van der Waals surface area contributed by atoms with E-state index in [1.54, 1.807) is 0 Å². The molecule has 1 fully saturated rings. The first kappa shape index (κ1) is 11.4. The minimum atomic E-state index is 0.177. The molecule has 0 saturated carbocycles. The van der Waals surface area contributed by atoms with Gasteiger partial charge in [0.2, 0.25) is 0 Å². The summed E-state index contributed by atoms with van der Waals surface area (Å²) in [6.45, 7) is 4.47. The van der Waals surface area contributed by atoms with Crippen LogP contribution in [0, 0.1) is 0 Å². The van der Waals surface area contributed by atoms with Gasteiger partial charge in [-0.2, -0.15) is 0 Å². The summed E-state index contributed by atoms with van der Waals surface area (Å²) >= 11 is 5.88. The van der Waals surface area contributed by atoms with E-state index in [9.17, 15) is 0 Å². The van der Waals surface area contributed by atoms with E-state index in [-0.39, 0.29) is 6.10 Å². The zero-order chi connectivity index (χ0) is 11.5. The van der Waals surface area contributed by atoms with E-state index in [2.05, 4.69) is 14.9 Å². The molecule has 0 aromatic carbocycles. The lowest BCUT2D eigenvalue weighted by atomic mass is 10.3. The van der Waals surface area contributed by atoms with Crippen molar-refractivity contribution in [2.24, 2.45) is 0 Å². The Morgan fingerprint density at radius 2 is 2.38 bits per heavy atom. The van der Waals surface area contributed by atoms with Crippen molar-refractivity contribution in [1.82, 2.24) is 9.97 Å². The summed E-state index contributed by atoms with van der Waals surface area (Å²) in [6.07, 6.45) is 2.58. The van der Waals surface area contributed by atoms with Crippen molar-refractivity contribution in [3.8, 4) is 0 Å². The van der Waals surface area contributed by atoms with Crippen molar-refractivity contribution >= 4 is 23.1 Å². The SMILES string of the molecule is CC1CN(c2ncnc(Cl)c2N)CCCO1. The smallest absolute Gasteiger partial charge is 0.157 e. The number of aromatic nitrogens is 2. The predicted octanol–water partition coefficient (Wildman–Crippen LogP) is 1.33. The van der Waals surface area contributed by atoms with Gasteiger partial charge in [0.15, 0.2) is 11.0 Å².